The molecule has 2 unspecified atom stereocenters. The monoisotopic (exact) mass is 411 g/mol. The fourth-order valence-electron chi connectivity index (χ4n) is 3.94. The van der Waals surface area contributed by atoms with Gasteiger partial charge >= 0.3 is 0 Å². The lowest BCUT2D eigenvalue weighted by Crippen LogP contribution is -2.36. The van der Waals surface area contributed by atoms with Crippen molar-refractivity contribution in [3.63, 3.8) is 0 Å². The van der Waals surface area contributed by atoms with Gasteiger partial charge < -0.3 is 25.0 Å². The third-order valence-electron chi connectivity index (χ3n) is 5.61. The van der Waals surface area contributed by atoms with Gasteiger partial charge in [0.1, 0.15) is 0 Å². The molecule has 2 aliphatic rings. The molecular weight excluding hydrogens is 382 g/mol. The van der Waals surface area contributed by atoms with Gasteiger partial charge in [-0.15, -0.1) is 12.4 Å². The number of hydrogen-bond acceptors (Lipinski definition) is 5. The highest BCUT2D eigenvalue weighted by Gasteiger charge is 2.38. The van der Waals surface area contributed by atoms with Crippen LogP contribution in [0.1, 0.15) is 18.4 Å². The summed E-state index contributed by atoms with van der Waals surface area (Å²) in [7, 11) is 3.21. The van der Waals surface area contributed by atoms with Crippen LogP contribution in [-0.2, 0) is 16.0 Å². The minimum absolute atomic E-state index is 0. The van der Waals surface area contributed by atoms with E-state index in [0.717, 1.165) is 25.1 Å². The number of carbonyl (C=O) groups is 2. The average molecular weight is 412 g/mol. The Balaban J connectivity index is 0.00000280. The Morgan fingerprint density at radius 2 is 1.96 bits per heavy atom. The highest BCUT2D eigenvalue weighted by molar-refractivity contribution is 5.89. The fourth-order valence-corrected chi connectivity index (χ4v) is 3.94. The van der Waals surface area contributed by atoms with Crippen molar-refractivity contribution in [3.8, 4) is 11.5 Å². The van der Waals surface area contributed by atoms with Crippen LogP contribution < -0.4 is 15.2 Å². The van der Waals surface area contributed by atoms with Crippen LogP contribution in [0.4, 0.5) is 0 Å². The number of nitrogens with two attached hydrogens (primary N) is 1. The Labute approximate surface area is 172 Å². The SMILES string of the molecule is COc1ccc(CCN2CC(C(=O)N3CCC(CN)C3)CC2=O)cc1OC.Cl. The smallest absolute Gasteiger partial charge is 0.228 e. The molecule has 0 spiro atoms. The quantitative estimate of drug-likeness (QED) is 0.731. The summed E-state index contributed by atoms with van der Waals surface area (Å²) in [6.07, 6.45) is 1.99. The first-order valence-corrected chi connectivity index (χ1v) is 9.53. The standard InChI is InChI=1S/C20H29N3O4.ClH/c1-26-17-4-3-14(9-18(17)27-2)5-7-22-13-16(10-19(22)24)20(25)23-8-6-15(11-21)12-23;/h3-4,9,15-16H,5-8,10-13,21H2,1-2H3;1H. The maximum atomic E-state index is 12.7. The van der Waals surface area contributed by atoms with E-state index in [1.807, 2.05) is 23.1 Å². The summed E-state index contributed by atoms with van der Waals surface area (Å²) in [6, 6.07) is 5.77. The highest BCUT2D eigenvalue weighted by Crippen LogP contribution is 2.28. The van der Waals surface area contributed by atoms with Crippen molar-refractivity contribution >= 4 is 24.2 Å². The highest BCUT2D eigenvalue weighted by atomic mass is 35.5. The fraction of sp³-hybridized carbons (Fsp3) is 0.600. The number of carbonyl (C=O) groups excluding carboxylic acids is 2. The van der Waals surface area contributed by atoms with Gasteiger partial charge in [0.25, 0.3) is 0 Å². The Morgan fingerprint density at radius 1 is 1.21 bits per heavy atom. The van der Waals surface area contributed by atoms with Crippen molar-refractivity contribution in [3.05, 3.63) is 23.8 Å². The summed E-state index contributed by atoms with van der Waals surface area (Å²) in [5, 5.41) is 0. The number of amides is 2. The Kier molecular flexibility index (Phi) is 7.95. The molecule has 8 heteroatoms. The first-order chi connectivity index (χ1) is 13.0. The van der Waals surface area contributed by atoms with Crippen LogP contribution in [0.3, 0.4) is 0 Å². The second kappa shape index (κ2) is 9.98. The zero-order valence-corrected chi connectivity index (χ0v) is 17.4. The first-order valence-electron chi connectivity index (χ1n) is 9.53. The number of nitrogens with zero attached hydrogens (tertiary/aromatic N) is 2. The predicted octanol–water partition coefficient (Wildman–Crippen LogP) is 1.32. The van der Waals surface area contributed by atoms with E-state index in [2.05, 4.69) is 0 Å². The Morgan fingerprint density at radius 3 is 2.61 bits per heavy atom. The van der Waals surface area contributed by atoms with E-state index >= 15 is 0 Å². The summed E-state index contributed by atoms with van der Waals surface area (Å²) in [4.78, 5) is 28.7. The zero-order valence-electron chi connectivity index (χ0n) is 16.6. The maximum Gasteiger partial charge on any atom is 0.228 e. The molecule has 2 aliphatic heterocycles. The summed E-state index contributed by atoms with van der Waals surface area (Å²) in [6.45, 7) is 3.21. The molecule has 7 nitrogen and oxygen atoms in total. The van der Waals surface area contributed by atoms with Crippen molar-refractivity contribution in [1.82, 2.24) is 9.80 Å². The molecule has 2 atom stereocenters. The average Bonchev–Trinajstić information content (AvgIpc) is 3.32. The Bertz CT molecular complexity index is 700. The van der Waals surface area contributed by atoms with E-state index in [4.69, 9.17) is 15.2 Å². The number of benzene rings is 1. The predicted molar refractivity (Wildman–Crippen MR) is 109 cm³/mol. The van der Waals surface area contributed by atoms with E-state index in [0.29, 0.717) is 49.9 Å². The van der Waals surface area contributed by atoms with Gasteiger partial charge in [0.2, 0.25) is 11.8 Å². The molecule has 156 valence electrons. The summed E-state index contributed by atoms with van der Waals surface area (Å²) >= 11 is 0. The Hall–Kier alpha value is -1.99. The van der Waals surface area contributed by atoms with Crippen molar-refractivity contribution in [2.24, 2.45) is 17.6 Å². The topological polar surface area (TPSA) is 85.1 Å². The van der Waals surface area contributed by atoms with Gasteiger partial charge in [-0.1, -0.05) is 6.07 Å². The van der Waals surface area contributed by atoms with Gasteiger partial charge in [0.15, 0.2) is 11.5 Å². The third kappa shape index (κ3) is 4.89. The van der Waals surface area contributed by atoms with Crippen LogP contribution in [0.5, 0.6) is 11.5 Å². The number of methoxy groups -OCH3 is 2. The van der Waals surface area contributed by atoms with Crippen LogP contribution in [0.2, 0.25) is 0 Å². The molecule has 1 aromatic carbocycles. The van der Waals surface area contributed by atoms with Gasteiger partial charge in [0.05, 0.1) is 20.1 Å². The summed E-state index contributed by atoms with van der Waals surface area (Å²) in [5.74, 6) is 1.70. The van der Waals surface area contributed by atoms with Crippen molar-refractivity contribution in [2.75, 3.05) is 46.9 Å². The first kappa shape index (κ1) is 22.3. The number of halogens is 1. The zero-order chi connectivity index (χ0) is 19.4. The van der Waals surface area contributed by atoms with E-state index in [1.165, 1.54) is 0 Å². The largest absolute Gasteiger partial charge is 0.493 e. The number of ether oxygens (including phenoxy) is 2. The van der Waals surface area contributed by atoms with Crippen LogP contribution in [0.25, 0.3) is 0 Å². The van der Waals surface area contributed by atoms with E-state index in [1.54, 1.807) is 19.1 Å². The number of likely N-dealkylation sites (tertiary alicyclic amines) is 2. The maximum absolute atomic E-state index is 12.7. The summed E-state index contributed by atoms with van der Waals surface area (Å²) in [5.41, 5.74) is 6.78. The van der Waals surface area contributed by atoms with Gasteiger partial charge in [-0.25, -0.2) is 0 Å². The third-order valence-corrected chi connectivity index (χ3v) is 5.61. The molecule has 2 N–H and O–H groups in total. The molecule has 0 bridgehead atoms. The molecule has 0 radical (unpaired) electrons. The molecule has 2 saturated heterocycles. The van der Waals surface area contributed by atoms with E-state index in [9.17, 15) is 9.59 Å². The van der Waals surface area contributed by atoms with E-state index in [-0.39, 0.29) is 30.1 Å². The van der Waals surface area contributed by atoms with Gasteiger partial charge in [-0.2, -0.15) is 0 Å². The number of rotatable bonds is 7. The van der Waals surface area contributed by atoms with Crippen molar-refractivity contribution in [2.45, 2.75) is 19.3 Å². The molecule has 1 aromatic rings. The minimum atomic E-state index is -0.223. The molecule has 28 heavy (non-hydrogen) atoms. The summed E-state index contributed by atoms with van der Waals surface area (Å²) < 4.78 is 10.6. The van der Waals surface area contributed by atoms with Crippen molar-refractivity contribution < 1.29 is 19.1 Å². The van der Waals surface area contributed by atoms with Gasteiger partial charge in [-0.3, -0.25) is 9.59 Å². The van der Waals surface area contributed by atoms with E-state index < -0.39 is 0 Å². The van der Waals surface area contributed by atoms with Crippen molar-refractivity contribution in [1.29, 1.82) is 0 Å². The molecule has 3 rings (SSSR count). The van der Waals surface area contributed by atoms with Crippen LogP contribution in [-0.4, -0.2) is 68.6 Å². The second-order valence-corrected chi connectivity index (χ2v) is 7.35. The van der Waals surface area contributed by atoms with Gasteiger partial charge in [-0.05, 0) is 43.0 Å². The molecule has 2 amide bonds. The molecular formula is C20H30ClN3O4. The van der Waals surface area contributed by atoms with Crippen LogP contribution in [0.15, 0.2) is 18.2 Å². The molecule has 2 fully saturated rings. The molecule has 2 heterocycles. The molecule has 0 aromatic heterocycles. The lowest BCUT2D eigenvalue weighted by atomic mass is 10.1. The molecule has 0 saturated carbocycles. The molecule has 0 aliphatic carbocycles. The number of hydrogen-bond donors (Lipinski definition) is 1. The second-order valence-electron chi connectivity index (χ2n) is 7.35. The van der Waals surface area contributed by atoms with Gasteiger partial charge in [0, 0.05) is 32.6 Å². The minimum Gasteiger partial charge on any atom is -0.493 e. The van der Waals surface area contributed by atoms with Crippen LogP contribution in [0, 0.1) is 11.8 Å². The van der Waals surface area contributed by atoms with Crippen LogP contribution >= 0.6 is 12.4 Å². The normalized spacial score (nSPS) is 21.6. The lowest BCUT2D eigenvalue weighted by molar-refractivity contribution is -0.135. The lowest BCUT2D eigenvalue weighted by Gasteiger charge is -2.21.